The fraction of sp³-hybridized carbons (Fsp3) is 0.385. The second-order valence-corrected chi connectivity index (χ2v) is 4.39. The zero-order valence-corrected chi connectivity index (χ0v) is 11.8. The standard InChI is InChI=1S/C13H17N5O4/c14-8-2-1-3-11(12(19)20)16-13(21)22-10-6-4-9(5-7-10)17-18-15/h4-7,11H,1-3,8,14H2,(H,16,21)(H,19,20)/t11-/m0/s1. The first-order valence-electron chi connectivity index (χ1n) is 6.63. The lowest BCUT2D eigenvalue weighted by Gasteiger charge is -2.14. The number of hydrogen-bond acceptors (Lipinski definition) is 5. The number of carboxylic acid groups (broad SMARTS) is 1. The van der Waals surface area contributed by atoms with E-state index in [-0.39, 0.29) is 12.2 Å². The lowest BCUT2D eigenvalue weighted by Crippen LogP contribution is -2.42. The Bertz CT molecular complexity index is 554. The molecule has 1 atom stereocenters. The number of benzene rings is 1. The topological polar surface area (TPSA) is 150 Å². The molecule has 22 heavy (non-hydrogen) atoms. The van der Waals surface area contributed by atoms with Gasteiger partial charge in [0, 0.05) is 10.6 Å². The highest BCUT2D eigenvalue weighted by molar-refractivity contribution is 5.80. The quantitative estimate of drug-likeness (QED) is 0.291. The highest BCUT2D eigenvalue weighted by Crippen LogP contribution is 2.18. The average molecular weight is 307 g/mol. The molecule has 0 aliphatic carbocycles. The first-order chi connectivity index (χ1) is 10.6. The van der Waals surface area contributed by atoms with Crippen LogP contribution in [0.5, 0.6) is 5.75 Å². The van der Waals surface area contributed by atoms with Crippen molar-refractivity contribution >= 4 is 17.7 Å². The number of carbonyl (C=O) groups is 2. The number of carboxylic acids is 1. The molecule has 0 fully saturated rings. The third-order valence-electron chi connectivity index (χ3n) is 2.74. The number of carbonyl (C=O) groups excluding carboxylic acids is 1. The summed E-state index contributed by atoms with van der Waals surface area (Å²) < 4.78 is 4.96. The molecule has 118 valence electrons. The summed E-state index contributed by atoms with van der Waals surface area (Å²) in [5, 5.41) is 14.7. The molecular formula is C13H17N5O4. The van der Waals surface area contributed by atoms with Gasteiger partial charge >= 0.3 is 12.1 Å². The van der Waals surface area contributed by atoms with Crippen LogP contribution in [0.25, 0.3) is 10.4 Å². The number of amides is 1. The van der Waals surface area contributed by atoms with Crippen molar-refractivity contribution in [2.45, 2.75) is 25.3 Å². The first kappa shape index (κ1) is 17.3. The van der Waals surface area contributed by atoms with E-state index in [0.717, 1.165) is 0 Å². The number of nitrogens with zero attached hydrogens (tertiary/aromatic N) is 3. The van der Waals surface area contributed by atoms with Crippen molar-refractivity contribution in [3.05, 3.63) is 34.7 Å². The number of rotatable bonds is 8. The van der Waals surface area contributed by atoms with E-state index in [4.69, 9.17) is 21.1 Å². The van der Waals surface area contributed by atoms with E-state index in [1.54, 1.807) is 0 Å². The number of unbranched alkanes of at least 4 members (excludes halogenated alkanes) is 1. The Hall–Kier alpha value is -2.77. The van der Waals surface area contributed by atoms with E-state index >= 15 is 0 Å². The van der Waals surface area contributed by atoms with Gasteiger partial charge in [0.2, 0.25) is 0 Å². The minimum atomic E-state index is -1.13. The molecule has 9 nitrogen and oxygen atoms in total. The first-order valence-corrected chi connectivity index (χ1v) is 6.63. The predicted octanol–water partition coefficient (Wildman–Crippen LogP) is 2.30. The van der Waals surface area contributed by atoms with Gasteiger partial charge in [-0.2, -0.15) is 0 Å². The molecule has 0 bridgehead atoms. The Morgan fingerprint density at radius 2 is 2.05 bits per heavy atom. The van der Waals surface area contributed by atoms with Gasteiger partial charge in [0.15, 0.2) is 0 Å². The normalized spacial score (nSPS) is 11.1. The summed E-state index contributed by atoms with van der Waals surface area (Å²) in [5.41, 5.74) is 14.0. The average Bonchev–Trinajstić information content (AvgIpc) is 2.48. The third-order valence-corrected chi connectivity index (χ3v) is 2.74. The van der Waals surface area contributed by atoms with Crippen molar-refractivity contribution in [1.29, 1.82) is 0 Å². The zero-order chi connectivity index (χ0) is 16.4. The monoisotopic (exact) mass is 307 g/mol. The van der Waals surface area contributed by atoms with E-state index in [1.165, 1.54) is 24.3 Å². The Morgan fingerprint density at radius 3 is 2.59 bits per heavy atom. The fourth-order valence-corrected chi connectivity index (χ4v) is 1.66. The molecule has 0 saturated carbocycles. The largest absolute Gasteiger partial charge is 0.480 e. The molecule has 1 aromatic rings. The van der Waals surface area contributed by atoms with Crippen molar-refractivity contribution in [2.75, 3.05) is 6.54 Å². The van der Waals surface area contributed by atoms with Crippen molar-refractivity contribution in [2.24, 2.45) is 10.8 Å². The van der Waals surface area contributed by atoms with Crippen LogP contribution in [0.4, 0.5) is 10.5 Å². The fourth-order valence-electron chi connectivity index (χ4n) is 1.66. The van der Waals surface area contributed by atoms with Crippen LogP contribution in [0.15, 0.2) is 29.4 Å². The maximum absolute atomic E-state index is 11.7. The maximum atomic E-state index is 11.7. The predicted molar refractivity (Wildman–Crippen MR) is 78.7 cm³/mol. The van der Waals surface area contributed by atoms with Gasteiger partial charge in [-0.05, 0) is 55.6 Å². The lowest BCUT2D eigenvalue weighted by molar-refractivity contribution is -0.139. The number of nitrogens with one attached hydrogen (secondary N) is 1. The van der Waals surface area contributed by atoms with E-state index in [0.29, 0.717) is 25.1 Å². The Kier molecular flexibility index (Phi) is 7.24. The molecule has 0 aliphatic rings. The summed E-state index contributed by atoms with van der Waals surface area (Å²) >= 11 is 0. The van der Waals surface area contributed by atoms with Crippen LogP contribution < -0.4 is 15.8 Å². The number of hydrogen-bond donors (Lipinski definition) is 3. The highest BCUT2D eigenvalue weighted by Gasteiger charge is 2.20. The molecule has 0 aromatic heterocycles. The summed E-state index contributed by atoms with van der Waals surface area (Å²) in [7, 11) is 0. The van der Waals surface area contributed by atoms with Gasteiger partial charge < -0.3 is 20.9 Å². The molecule has 1 amide bonds. The number of nitrogens with two attached hydrogens (primary N) is 1. The summed E-state index contributed by atoms with van der Waals surface area (Å²) in [4.78, 5) is 25.3. The third kappa shape index (κ3) is 6.12. The SMILES string of the molecule is [N-]=[N+]=Nc1ccc(OC(=O)N[C@@H](CCCCN)C(=O)O)cc1. The van der Waals surface area contributed by atoms with Gasteiger partial charge in [0.25, 0.3) is 0 Å². The molecule has 1 rings (SSSR count). The van der Waals surface area contributed by atoms with E-state index < -0.39 is 18.1 Å². The number of aliphatic carboxylic acids is 1. The summed E-state index contributed by atoms with van der Waals surface area (Å²) in [6.45, 7) is 0.467. The minimum absolute atomic E-state index is 0.209. The minimum Gasteiger partial charge on any atom is -0.480 e. The highest BCUT2D eigenvalue weighted by atomic mass is 16.6. The summed E-state index contributed by atoms with van der Waals surface area (Å²) in [5.74, 6) is -0.923. The lowest BCUT2D eigenvalue weighted by atomic mass is 10.1. The number of ether oxygens (including phenoxy) is 1. The van der Waals surface area contributed by atoms with Gasteiger partial charge in [-0.25, -0.2) is 9.59 Å². The van der Waals surface area contributed by atoms with Crippen LogP contribution >= 0.6 is 0 Å². The van der Waals surface area contributed by atoms with Gasteiger partial charge in [-0.15, -0.1) is 0 Å². The van der Waals surface area contributed by atoms with Crippen molar-refractivity contribution < 1.29 is 19.4 Å². The Labute approximate surface area is 126 Å². The van der Waals surface area contributed by atoms with Crippen LogP contribution in [0, 0.1) is 0 Å². The van der Waals surface area contributed by atoms with Gasteiger partial charge in [0.1, 0.15) is 11.8 Å². The van der Waals surface area contributed by atoms with Crippen LogP contribution in [0.2, 0.25) is 0 Å². The van der Waals surface area contributed by atoms with Crippen molar-refractivity contribution in [3.8, 4) is 5.75 Å². The van der Waals surface area contributed by atoms with Gasteiger partial charge in [0.05, 0.1) is 0 Å². The van der Waals surface area contributed by atoms with E-state index in [2.05, 4.69) is 15.3 Å². The van der Waals surface area contributed by atoms with Crippen LogP contribution in [-0.4, -0.2) is 29.8 Å². The van der Waals surface area contributed by atoms with Crippen LogP contribution in [0.3, 0.4) is 0 Å². The molecule has 1 aromatic carbocycles. The molecular weight excluding hydrogens is 290 g/mol. The molecule has 0 saturated heterocycles. The number of azide groups is 1. The van der Waals surface area contributed by atoms with E-state index in [9.17, 15) is 9.59 Å². The summed E-state index contributed by atoms with van der Waals surface area (Å²) in [6, 6.07) is 4.79. The van der Waals surface area contributed by atoms with Crippen molar-refractivity contribution in [3.63, 3.8) is 0 Å². The van der Waals surface area contributed by atoms with E-state index in [1.807, 2.05) is 0 Å². The molecule has 0 radical (unpaired) electrons. The van der Waals surface area contributed by atoms with Gasteiger partial charge in [-0.1, -0.05) is 5.11 Å². The van der Waals surface area contributed by atoms with Gasteiger partial charge in [-0.3, -0.25) is 0 Å². The van der Waals surface area contributed by atoms with Crippen LogP contribution in [0.1, 0.15) is 19.3 Å². The van der Waals surface area contributed by atoms with Crippen LogP contribution in [-0.2, 0) is 4.79 Å². The molecule has 0 spiro atoms. The molecule has 0 heterocycles. The maximum Gasteiger partial charge on any atom is 0.413 e. The van der Waals surface area contributed by atoms with Crippen molar-refractivity contribution in [1.82, 2.24) is 5.32 Å². The Balaban J connectivity index is 2.55. The summed E-state index contributed by atoms with van der Waals surface area (Å²) in [6.07, 6.45) is 0.685. The second kappa shape index (κ2) is 9.22. The Morgan fingerprint density at radius 1 is 1.36 bits per heavy atom. The molecule has 4 N–H and O–H groups in total. The molecule has 0 unspecified atom stereocenters. The smallest absolute Gasteiger partial charge is 0.413 e. The molecule has 9 heteroatoms. The zero-order valence-electron chi connectivity index (χ0n) is 11.8. The molecule has 0 aliphatic heterocycles. The second-order valence-electron chi connectivity index (χ2n) is 4.39.